The fourth-order valence-electron chi connectivity index (χ4n) is 3.61. The number of hydrogen-bond acceptors (Lipinski definition) is 4. The highest BCUT2D eigenvalue weighted by Crippen LogP contribution is 2.24. The summed E-state index contributed by atoms with van der Waals surface area (Å²) >= 11 is 0. The van der Waals surface area contributed by atoms with E-state index in [1.54, 1.807) is 24.5 Å². The van der Waals surface area contributed by atoms with Crippen LogP contribution in [0.2, 0.25) is 0 Å². The number of amides is 3. The number of rotatable bonds is 7. The highest BCUT2D eigenvalue weighted by molar-refractivity contribution is 6.22. The molecule has 2 aromatic carbocycles. The number of imide groups is 1. The molecule has 1 aliphatic rings. The summed E-state index contributed by atoms with van der Waals surface area (Å²) in [6.07, 6.45) is 2.74. The first-order valence-corrected chi connectivity index (χ1v) is 9.90. The van der Waals surface area contributed by atoms with Crippen LogP contribution in [-0.4, -0.2) is 35.2 Å². The molecule has 1 aliphatic heterocycles. The molecule has 6 heteroatoms. The summed E-state index contributed by atoms with van der Waals surface area (Å²) in [7, 11) is 0. The van der Waals surface area contributed by atoms with Crippen LogP contribution < -0.4 is 5.32 Å². The smallest absolute Gasteiger partial charge is 0.261 e. The molecule has 1 unspecified atom stereocenters. The Bertz CT molecular complexity index is 1070. The van der Waals surface area contributed by atoms with E-state index in [1.807, 2.05) is 43.3 Å². The van der Waals surface area contributed by atoms with Gasteiger partial charge >= 0.3 is 0 Å². The lowest BCUT2D eigenvalue weighted by Gasteiger charge is -2.13. The fraction of sp³-hybridized carbons (Fsp3) is 0.208. The molecule has 152 valence electrons. The molecule has 6 nitrogen and oxygen atoms in total. The molecule has 3 amide bonds. The summed E-state index contributed by atoms with van der Waals surface area (Å²) in [5, 5.41) is 2.90. The van der Waals surface area contributed by atoms with E-state index in [0.717, 1.165) is 11.3 Å². The summed E-state index contributed by atoms with van der Waals surface area (Å²) in [6.45, 7) is 2.19. The van der Waals surface area contributed by atoms with E-state index in [4.69, 9.17) is 4.42 Å². The van der Waals surface area contributed by atoms with Gasteiger partial charge in [-0.25, -0.2) is 0 Å². The van der Waals surface area contributed by atoms with Gasteiger partial charge in [0.2, 0.25) is 0 Å². The van der Waals surface area contributed by atoms with Crippen LogP contribution in [0.1, 0.15) is 49.3 Å². The second-order valence-corrected chi connectivity index (χ2v) is 7.42. The van der Waals surface area contributed by atoms with E-state index < -0.39 is 0 Å². The Balaban J connectivity index is 1.44. The van der Waals surface area contributed by atoms with Crippen molar-refractivity contribution in [3.8, 4) is 0 Å². The van der Waals surface area contributed by atoms with Crippen LogP contribution in [0.3, 0.4) is 0 Å². The number of benzene rings is 2. The van der Waals surface area contributed by atoms with Gasteiger partial charge in [-0.2, -0.15) is 0 Å². The highest BCUT2D eigenvalue weighted by atomic mass is 16.3. The summed E-state index contributed by atoms with van der Waals surface area (Å²) in [6, 6.07) is 17.9. The fourth-order valence-corrected chi connectivity index (χ4v) is 3.61. The first-order chi connectivity index (χ1) is 14.5. The quantitative estimate of drug-likeness (QED) is 0.614. The Morgan fingerprint density at radius 1 is 1.00 bits per heavy atom. The van der Waals surface area contributed by atoms with Crippen molar-refractivity contribution >= 4 is 17.7 Å². The van der Waals surface area contributed by atoms with Crippen molar-refractivity contribution in [1.29, 1.82) is 0 Å². The second-order valence-electron chi connectivity index (χ2n) is 7.42. The number of furan rings is 1. The number of hydrogen-bond donors (Lipinski definition) is 1. The standard InChI is InChI=1S/C24H22N2O4/c1-16(14-19-8-5-13-30-19)25-22(27)18-9-10-20-21(15-18)24(29)26(23(20)28)12-11-17-6-3-2-4-7-17/h2-10,13,15-16H,11-12,14H2,1H3,(H,25,27). The van der Waals surface area contributed by atoms with Crippen molar-refractivity contribution in [3.05, 3.63) is 94.9 Å². The zero-order valence-electron chi connectivity index (χ0n) is 16.6. The van der Waals surface area contributed by atoms with Gasteiger partial charge in [0.05, 0.1) is 17.4 Å². The monoisotopic (exact) mass is 402 g/mol. The van der Waals surface area contributed by atoms with E-state index in [2.05, 4.69) is 5.32 Å². The normalized spacial score (nSPS) is 14.0. The van der Waals surface area contributed by atoms with Gasteiger partial charge in [-0.3, -0.25) is 19.3 Å². The molecule has 0 fully saturated rings. The van der Waals surface area contributed by atoms with Crippen molar-refractivity contribution in [2.75, 3.05) is 6.54 Å². The molecular weight excluding hydrogens is 380 g/mol. The third-order valence-corrected chi connectivity index (χ3v) is 5.16. The number of carbonyl (C=O) groups is 3. The molecule has 0 spiro atoms. The Hall–Kier alpha value is -3.67. The van der Waals surface area contributed by atoms with Gasteiger partial charge in [0.15, 0.2) is 0 Å². The van der Waals surface area contributed by atoms with Crippen LogP contribution >= 0.6 is 0 Å². The minimum atomic E-state index is -0.357. The summed E-state index contributed by atoms with van der Waals surface area (Å²) < 4.78 is 5.31. The lowest BCUT2D eigenvalue weighted by molar-refractivity contribution is 0.0656. The van der Waals surface area contributed by atoms with E-state index >= 15 is 0 Å². The van der Waals surface area contributed by atoms with Crippen molar-refractivity contribution in [3.63, 3.8) is 0 Å². The van der Waals surface area contributed by atoms with Gasteiger partial charge in [0.25, 0.3) is 17.7 Å². The topological polar surface area (TPSA) is 79.6 Å². The largest absolute Gasteiger partial charge is 0.469 e. The predicted octanol–water partition coefficient (Wildman–Crippen LogP) is 3.48. The SMILES string of the molecule is CC(Cc1ccco1)NC(=O)c1ccc2c(c1)C(=O)N(CCc1ccccc1)C2=O. The molecule has 3 aromatic rings. The molecule has 4 rings (SSSR count). The van der Waals surface area contributed by atoms with Crippen LogP contribution in [-0.2, 0) is 12.8 Å². The number of carbonyl (C=O) groups excluding carboxylic acids is 3. The number of nitrogens with zero attached hydrogens (tertiary/aromatic N) is 1. The highest BCUT2D eigenvalue weighted by Gasteiger charge is 2.35. The maximum absolute atomic E-state index is 12.8. The van der Waals surface area contributed by atoms with Crippen LogP contribution in [0.5, 0.6) is 0 Å². The average Bonchev–Trinajstić information content (AvgIpc) is 3.34. The lowest BCUT2D eigenvalue weighted by atomic mass is 10.0. The molecule has 1 aromatic heterocycles. The number of nitrogens with one attached hydrogen (secondary N) is 1. The van der Waals surface area contributed by atoms with Gasteiger partial charge in [0, 0.05) is 24.6 Å². The lowest BCUT2D eigenvalue weighted by Crippen LogP contribution is -2.34. The minimum Gasteiger partial charge on any atom is -0.469 e. The average molecular weight is 402 g/mol. The second kappa shape index (κ2) is 8.37. The Labute approximate surface area is 174 Å². The Morgan fingerprint density at radius 2 is 1.77 bits per heavy atom. The van der Waals surface area contributed by atoms with E-state index in [1.165, 1.54) is 11.0 Å². The first-order valence-electron chi connectivity index (χ1n) is 9.90. The van der Waals surface area contributed by atoms with Crippen LogP contribution in [0.4, 0.5) is 0 Å². The molecule has 0 saturated carbocycles. The zero-order chi connectivity index (χ0) is 21.1. The van der Waals surface area contributed by atoms with E-state index in [0.29, 0.717) is 30.5 Å². The van der Waals surface area contributed by atoms with Crippen molar-refractivity contribution < 1.29 is 18.8 Å². The van der Waals surface area contributed by atoms with Crippen LogP contribution in [0, 0.1) is 0 Å². The molecule has 0 saturated heterocycles. The molecule has 2 heterocycles. The van der Waals surface area contributed by atoms with Gasteiger partial charge in [0.1, 0.15) is 5.76 Å². The van der Waals surface area contributed by atoms with Crippen LogP contribution in [0.25, 0.3) is 0 Å². The van der Waals surface area contributed by atoms with Gasteiger partial charge in [-0.05, 0) is 49.2 Å². The summed E-state index contributed by atoms with van der Waals surface area (Å²) in [5.74, 6) is -0.181. The number of fused-ring (bicyclic) bond motifs is 1. The molecule has 0 aliphatic carbocycles. The van der Waals surface area contributed by atoms with Crippen molar-refractivity contribution in [2.45, 2.75) is 25.8 Å². The molecular formula is C24H22N2O4. The third-order valence-electron chi connectivity index (χ3n) is 5.16. The van der Waals surface area contributed by atoms with Crippen LogP contribution in [0.15, 0.2) is 71.3 Å². The van der Waals surface area contributed by atoms with E-state index in [9.17, 15) is 14.4 Å². The van der Waals surface area contributed by atoms with Crippen molar-refractivity contribution in [2.24, 2.45) is 0 Å². The van der Waals surface area contributed by atoms with Gasteiger partial charge < -0.3 is 9.73 Å². The maximum atomic E-state index is 12.8. The molecule has 1 atom stereocenters. The predicted molar refractivity (Wildman–Crippen MR) is 111 cm³/mol. The summed E-state index contributed by atoms with van der Waals surface area (Å²) in [4.78, 5) is 39.3. The Kier molecular flexibility index (Phi) is 5.48. The van der Waals surface area contributed by atoms with E-state index in [-0.39, 0.29) is 29.3 Å². The minimum absolute atomic E-state index is 0.142. The third kappa shape index (κ3) is 4.03. The molecule has 30 heavy (non-hydrogen) atoms. The molecule has 1 N–H and O–H groups in total. The van der Waals surface area contributed by atoms with Gasteiger partial charge in [-0.15, -0.1) is 0 Å². The maximum Gasteiger partial charge on any atom is 0.261 e. The molecule has 0 bridgehead atoms. The summed E-state index contributed by atoms with van der Waals surface area (Å²) in [5.41, 5.74) is 2.03. The first kappa shape index (κ1) is 19.6. The van der Waals surface area contributed by atoms with Gasteiger partial charge in [-0.1, -0.05) is 30.3 Å². The Morgan fingerprint density at radius 3 is 2.50 bits per heavy atom. The zero-order valence-corrected chi connectivity index (χ0v) is 16.6. The van der Waals surface area contributed by atoms with Crippen molar-refractivity contribution in [1.82, 2.24) is 10.2 Å². The molecule has 0 radical (unpaired) electrons.